The summed E-state index contributed by atoms with van der Waals surface area (Å²) < 4.78 is 11.2. The highest BCUT2D eigenvalue weighted by molar-refractivity contribution is 6.29. The number of pyridine rings is 1. The average Bonchev–Trinajstić information content (AvgIpc) is 2.78. The zero-order valence-corrected chi connectivity index (χ0v) is 18.1. The second-order valence-corrected chi connectivity index (χ2v) is 7.96. The van der Waals surface area contributed by atoms with Crippen molar-refractivity contribution in [3.63, 3.8) is 0 Å². The van der Waals surface area contributed by atoms with Crippen LogP contribution in [-0.2, 0) is 11.2 Å². The molecule has 2 heterocycles. The molecule has 1 fully saturated rings. The number of nitrogens with zero attached hydrogens (tertiary/aromatic N) is 1. The predicted molar refractivity (Wildman–Crippen MR) is 120 cm³/mol. The minimum Gasteiger partial charge on any atom is -0.492 e. The van der Waals surface area contributed by atoms with Crippen LogP contribution in [0.4, 0.5) is 0 Å². The van der Waals surface area contributed by atoms with E-state index in [0.29, 0.717) is 42.5 Å². The molecule has 6 nitrogen and oxygen atoms in total. The minimum absolute atomic E-state index is 0.218. The fourth-order valence-corrected chi connectivity index (χ4v) is 4.02. The van der Waals surface area contributed by atoms with Crippen molar-refractivity contribution in [3.8, 4) is 5.75 Å². The summed E-state index contributed by atoms with van der Waals surface area (Å²) in [5.74, 6) is 0.283. The molecule has 0 spiro atoms. The summed E-state index contributed by atoms with van der Waals surface area (Å²) >= 11 is 5.93. The van der Waals surface area contributed by atoms with E-state index in [9.17, 15) is 9.90 Å². The maximum Gasteiger partial charge on any atom is 0.255 e. The normalized spacial score (nSPS) is 18.7. The van der Waals surface area contributed by atoms with Crippen LogP contribution in [0.5, 0.6) is 5.75 Å². The third-order valence-electron chi connectivity index (χ3n) is 5.44. The largest absolute Gasteiger partial charge is 0.492 e. The van der Waals surface area contributed by atoms with Crippen LogP contribution in [0.3, 0.4) is 0 Å². The Hall–Kier alpha value is -2.67. The van der Waals surface area contributed by atoms with E-state index in [0.717, 1.165) is 21.9 Å². The van der Waals surface area contributed by atoms with Gasteiger partial charge in [0, 0.05) is 18.2 Å². The molecular weight excluding hydrogens is 416 g/mol. The van der Waals surface area contributed by atoms with Crippen molar-refractivity contribution < 1.29 is 19.4 Å². The van der Waals surface area contributed by atoms with E-state index < -0.39 is 6.10 Å². The van der Waals surface area contributed by atoms with Gasteiger partial charge < -0.3 is 19.9 Å². The second kappa shape index (κ2) is 9.64. The van der Waals surface area contributed by atoms with Crippen LogP contribution in [0.2, 0.25) is 5.15 Å². The van der Waals surface area contributed by atoms with Crippen molar-refractivity contribution >= 4 is 28.3 Å². The monoisotopic (exact) mass is 440 g/mol. The maximum absolute atomic E-state index is 13.3. The third kappa shape index (κ3) is 4.82. The molecule has 1 aliphatic rings. The van der Waals surface area contributed by atoms with Gasteiger partial charge in [-0.1, -0.05) is 41.9 Å². The molecule has 31 heavy (non-hydrogen) atoms. The molecule has 1 saturated heterocycles. The quantitative estimate of drug-likeness (QED) is 0.570. The van der Waals surface area contributed by atoms with Gasteiger partial charge in [-0.25, -0.2) is 4.98 Å². The molecule has 162 valence electrons. The fourth-order valence-electron chi connectivity index (χ4n) is 3.91. The van der Waals surface area contributed by atoms with E-state index in [1.54, 1.807) is 12.3 Å². The first-order valence-corrected chi connectivity index (χ1v) is 10.8. The van der Waals surface area contributed by atoms with E-state index in [1.165, 1.54) is 0 Å². The summed E-state index contributed by atoms with van der Waals surface area (Å²) in [4.78, 5) is 17.4. The zero-order chi connectivity index (χ0) is 21.8. The number of hydrogen-bond acceptors (Lipinski definition) is 5. The van der Waals surface area contributed by atoms with Crippen LogP contribution in [0.1, 0.15) is 34.8 Å². The fraction of sp³-hybridized carbons (Fsp3) is 0.333. The van der Waals surface area contributed by atoms with Crippen molar-refractivity contribution in [1.82, 2.24) is 10.3 Å². The molecule has 0 saturated carbocycles. The molecule has 2 aromatic carbocycles. The first kappa shape index (κ1) is 21.6. The van der Waals surface area contributed by atoms with Gasteiger partial charge >= 0.3 is 0 Å². The molecule has 2 atom stereocenters. The molecule has 2 N–H and O–H groups in total. The first-order chi connectivity index (χ1) is 15.1. The number of benzene rings is 2. The minimum atomic E-state index is -0.728. The van der Waals surface area contributed by atoms with E-state index >= 15 is 0 Å². The lowest BCUT2D eigenvalue weighted by molar-refractivity contribution is -0.0261. The van der Waals surface area contributed by atoms with E-state index in [2.05, 4.69) is 10.3 Å². The summed E-state index contributed by atoms with van der Waals surface area (Å²) in [6.07, 6.45) is 2.17. The van der Waals surface area contributed by atoms with E-state index in [-0.39, 0.29) is 18.6 Å². The molecule has 3 aromatic rings. The van der Waals surface area contributed by atoms with E-state index in [4.69, 9.17) is 21.1 Å². The summed E-state index contributed by atoms with van der Waals surface area (Å²) in [5.41, 5.74) is 2.43. The van der Waals surface area contributed by atoms with Gasteiger partial charge in [0.25, 0.3) is 5.91 Å². The van der Waals surface area contributed by atoms with Gasteiger partial charge in [0.05, 0.1) is 30.9 Å². The topological polar surface area (TPSA) is 80.7 Å². The number of carbonyl (C=O) groups is 1. The predicted octanol–water partition coefficient (Wildman–Crippen LogP) is 3.76. The zero-order valence-electron chi connectivity index (χ0n) is 17.3. The molecule has 0 radical (unpaired) electrons. The van der Waals surface area contributed by atoms with Crippen molar-refractivity contribution in [2.24, 2.45) is 0 Å². The Morgan fingerprint density at radius 3 is 2.81 bits per heavy atom. The number of aromatic nitrogens is 1. The van der Waals surface area contributed by atoms with Crippen molar-refractivity contribution in [1.29, 1.82) is 0 Å². The highest BCUT2D eigenvalue weighted by Crippen LogP contribution is 2.34. The molecule has 1 aromatic heterocycles. The number of amides is 1. The van der Waals surface area contributed by atoms with Gasteiger partial charge in [-0.15, -0.1) is 0 Å². The maximum atomic E-state index is 13.3. The van der Waals surface area contributed by atoms with Crippen LogP contribution in [0, 0.1) is 0 Å². The number of ether oxygens (including phenoxy) is 2. The lowest BCUT2D eigenvalue weighted by Gasteiger charge is -2.29. The van der Waals surface area contributed by atoms with E-state index in [1.807, 2.05) is 43.3 Å². The summed E-state index contributed by atoms with van der Waals surface area (Å²) in [7, 11) is 0. The summed E-state index contributed by atoms with van der Waals surface area (Å²) in [6.45, 7) is 3.05. The molecule has 0 unspecified atom stereocenters. The van der Waals surface area contributed by atoms with Crippen LogP contribution in [-0.4, -0.2) is 48.0 Å². The van der Waals surface area contributed by atoms with Gasteiger partial charge in [0.15, 0.2) is 0 Å². The van der Waals surface area contributed by atoms with Gasteiger partial charge in [-0.3, -0.25) is 4.79 Å². The first-order valence-electron chi connectivity index (χ1n) is 10.4. The molecule has 1 aliphatic heterocycles. The highest BCUT2D eigenvalue weighted by Gasteiger charge is 2.27. The number of aliphatic hydroxyl groups is 1. The van der Waals surface area contributed by atoms with Crippen molar-refractivity contribution in [3.05, 3.63) is 70.5 Å². The van der Waals surface area contributed by atoms with Gasteiger partial charge in [0.2, 0.25) is 0 Å². The highest BCUT2D eigenvalue weighted by atomic mass is 35.5. The number of carbonyl (C=O) groups excluding carboxylic acids is 1. The Balaban J connectivity index is 1.76. The Morgan fingerprint density at radius 1 is 1.29 bits per heavy atom. The van der Waals surface area contributed by atoms with Crippen LogP contribution >= 0.6 is 11.6 Å². The Kier molecular flexibility index (Phi) is 6.70. The Labute approximate surface area is 186 Å². The number of halogens is 1. The number of aliphatic hydroxyl groups excluding tert-OH is 1. The van der Waals surface area contributed by atoms with Crippen molar-refractivity contribution in [2.45, 2.75) is 31.9 Å². The third-order valence-corrected chi connectivity index (χ3v) is 5.66. The van der Waals surface area contributed by atoms with Crippen LogP contribution < -0.4 is 10.1 Å². The smallest absolute Gasteiger partial charge is 0.255 e. The average molecular weight is 441 g/mol. The molecule has 1 amide bonds. The summed E-state index contributed by atoms with van der Waals surface area (Å²) in [6, 6.07) is 13.1. The number of fused-ring (bicyclic) bond motifs is 1. The second-order valence-electron chi connectivity index (χ2n) is 7.57. The standard InChI is InChI=1S/C24H25ClN2O4/c1-2-31-23-18-6-4-3-5-17(18)16(11-15-7-8-22(25)26-13-15)12-19(23)24(29)27-20-9-10-30-14-21(20)28/h3-8,12-13,20-21,28H,2,9-11,14H2,1H3,(H,27,29)/t20-,21-/m0/s1. The SMILES string of the molecule is CCOc1c(C(=O)N[C@H]2CCOC[C@@H]2O)cc(Cc2ccc(Cl)nc2)c2ccccc12. The number of rotatable bonds is 6. The van der Waals surface area contributed by atoms with Gasteiger partial charge in [-0.2, -0.15) is 0 Å². The Morgan fingerprint density at radius 2 is 2.10 bits per heavy atom. The lowest BCUT2D eigenvalue weighted by Crippen LogP contribution is -2.48. The molecule has 0 aliphatic carbocycles. The molecule has 4 rings (SSSR count). The van der Waals surface area contributed by atoms with Gasteiger partial charge in [-0.05, 0) is 48.4 Å². The number of nitrogens with one attached hydrogen (secondary N) is 1. The lowest BCUT2D eigenvalue weighted by atomic mass is 9.94. The summed E-state index contributed by atoms with van der Waals surface area (Å²) in [5, 5.41) is 15.5. The number of hydrogen-bond donors (Lipinski definition) is 2. The molecule has 0 bridgehead atoms. The Bertz CT molecular complexity index is 1070. The van der Waals surface area contributed by atoms with Crippen LogP contribution in [0.25, 0.3) is 10.8 Å². The molecular formula is C24H25ClN2O4. The van der Waals surface area contributed by atoms with Crippen molar-refractivity contribution in [2.75, 3.05) is 19.8 Å². The molecule has 7 heteroatoms. The van der Waals surface area contributed by atoms with Crippen LogP contribution in [0.15, 0.2) is 48.7 Å². The van der Waals surface area contributed by atoms with Gasteiger partial charge in [0.1, 0.15) is 10.9 Å².